The van der Waals surface area contributed by atoms with Crippen molar-refractivity contribution in [2.75, 3.05) is 14.2 Å². The average molecular weight is 317 g/mol. The van der Waals surface area contributed by atoms with E-state index >= 15 is 0 Å². The van der Waals surface area contributed by atoms with Crippen molar-refractivity contribution in [1.29, 1.82) is 0 Å². The van der Waals surface area contributed by atoms with Crippen LogP contribution in [-0.2, 0) is 9.53 Å². The predicted molar refractivity (Wildman–Crippen MR) is 80.0 cm³/mol. The third-order valence-electron chi connectivity index (χ3n) is 3.42. The molecule has 1 aromatic heterocycles. The highest BCUT2D eigenvalue weighted by atomic mass is 19.1. The Labute approximate surface area is 132 Å². The normalized spacial score (nSPS) is 11.7. The number of hydrogen-bond acceptors (Lipinski definition) is 5. The summed E-state index contributed by atoms with van der Waals surface area (Å²) in [5.41, 5.74) is 1.06. The molecule has 0 N–H and O–H groups in total. The van der Waals surface area contributed by atoms with Crippen LogP contribution in [0.15, 0.2) is 36.5 Å². The van der Waals surface area contributed by atoms with Crippen molar-refractivity contribution in [3.8, 4) is 0 Å². The van der Waals surface area contributed by atoms with Gasteiger partial charge in [-0.1, -0.05) is 12.1 Å². The summed E-state index contributed by atoms with van der Waals surface area (Å²) in [7, 11) is 2.64. The Bertz CT molecular complexity index is 736. The number of methoxy groups -OCH3 is 1. The molecule has 2 rings (SSSR count). The molecular formula is C16H16FN3O3. The number of carbonyl (C=O) groups excluding carboxylic acids is 2. The molecule has 2 aromatic rings. The van der Waals surface area contributed by atoms with E-state index in [1.165, 1.54) is 38.6 Å². The number of rotatable bonds is 4. The first kappa shape index (κ1) is 16.5. The van der Waals surface area contributed by atoms with Crippen molar-refractivity contribution in [2.45, 2.75) is 13.0 Å². The summed E-state index contributed by atoms with van der Waals surface area (Å²) in [4.78, 5) is 25.9. The number of benzene rings is 1. The molecule has 0 aliphatic rings. The molecule has 0 fully saturated rings. The number of likely N-dealkylation sites (N-methyl/N-ethyl adjacent to an activating group) is 1. The van der Waals surface area contributed by atoms with E-state index in [0.717, 1.165) is 4.90 Å². The molecule has 0 saturated heterocycles. The Hall–Kier alpha value is -2.83. The third kappa shape index (κ3) is 3.50. The van der Waals surface area contributed by atoms with E-state index in [-0.39, 0.29) is 5.69 Å². The van der Waals surface area contributed by atoms with Crippen LogP contribution in [0.3, 0.4) is 0 Å². The Morgan fingerprint density at radius 1 is 1.30 bits per heavy atom. The standard InChI is InChI=1S/C16H16FN3O3/c1-10-7-8-18-19-13(10)15(21)20(2)14(16(22)23-3)11-5-4-6-12(17)9-11/h4-9,14H,1-3H3. The first-order chi connectivity index (χ1) is 11.0. The summed E-state index contributed by atoms with van der Waals surface area (Å²) in [6.45, 7) is 1.71. The van der Waals surface area contributed by atoms with Crippen LogP contribution in [-0.4, -0.2) is 41.1 Å². The van der Waals surface area contributed by atoms with Gasteiger partial charge in [-0.2, -0.15) is 5.10 Å². The number of amides is 1. The maximum absolute atomic E-state index is 13.5. The van der Waals surface area contributed by atoms with Gasteiger partial charge < -0.3 is 9.64 Å². The van der Waals surface area contributed by atoms with Crippen LogP contribution in [0.4, 0.5) is 4.39 Å². The van der Waals surface area contributed by atoms with Crippen molar-refractivity contribution in [3.63, 3.8) is 0 Å². The van der Waals surface area contributed by atoms with E-state index in [1.807, 2.05) is 0 Å². The Morgan fingerprint density at radius 2 is 2.04 bits per heavy atom. The van der Waals surface area contributed by atoms with Gasteiger partial charge >= 0.3 is 5.97 Å². The minimum Gasteiger partial charge on any atom is -0.467 e. The average Bonchev–Trinajstić information content (AvgIpc) is 2.54. The molecule has 0 saturated carbocycles. The van der Waals surface area contributed by atoms with Crippen LogP contribution in [0.5, 0.6) is 0 Å². The summed E-state index contributed by atoms with van der Waals surface area (Å²) >= 11 is 0. The van der Waals surface area contributed by atoms with Crippen molar-refractivity contribution < 1.29 is 18.7 Å². The number of halogens is 1. The zero-order valence-corrected chi connectivity index (χ0v) is 13.0. The summed E-state index contributed by atoms with van der Waals surface area (Å²) < 4.78 is 18.2. The number of hydrogen-bond donors (Lipinski definition) is 0. The molecule has 0 spiro atoms. The summed E-state index contributed by atoms with van der Waals surface area (Å²) in [5.74, 6) is -1.68. The number of nitrogens with zero attached hydrogens (tertiary/aromatic N) is 3. The lowest BCUT2D eigenvalue weighted by Gasteiger charge is -2.26. The zero-order valence-electron chi connectivity index (χ0n) is 13.0. The van der Waals surface area contributed by atoms with Crippen LogP contribution >= 0.6 is 0 Å². The number of esters is 1. The summed E-state index contributed by atoms with van der Waals surface area (Å²) in [5, 5.41) is 7.50. The summed E-state index contributed by atoms with van der Waals surface area (Å²) in [6, 6.07) is 6.03. The highest BCUT2D eigenvalue weighted by Gasteiger charge is 2.31. The maximum atomic E-state index is 13.5. The molecule has 6 nitrogen and oxygen atoms in total. The van der Waals surface area contributed by atoms with Gasteiger partial charge in [-0.25, -0.2) is 9.18 Å². The molecule has 7 heteroatoms. The molecule has 1 unspecified atom stereocenters. The lowest BCUT2D eigenvalue weighted by Crippen LogP contribution is -2.37. The van der Waals surface area contributed by atoms with Gasteiger partial charge in [0.05, 0.1) is 7.11 Å². The van der Waals surface area contributed by atoms with Crippen LogP contribution in [0, 0.1) is 12.7 Å². The van der Waals surface area contributed by atoms with Gasteiger partial charge in [0.2, 0.25) is 0 Å². The molecule has 1 heterocycles. The fraction of sp³-hybridized carbons (Fsp3) is 0.250. The Balaban J connectivity index is 2.41. The predicted octanol–water partition coefficient (Wildman–Crippen LogP) is 1.91. The van der Waals surface area contributed by atoms with E-state index in [0.29, 0.717) is 11.1 Å². The fourth-order valence-corrected chi connectivity index (χ4v) is 2.20. The van der Waals surface area contributed by atoms with Crippen LogP contribution in [0.1, 0.15) is 27.7 Å². The third-order valence-corrected chi connectivity index (χ3v) is 3.42. The van der Waals surface area contributed by atoms with Crippen LogP contribution in [0.2, 0.25) is 0 Å². The van der Waals surface area contributed by atoms with E-state index in [2.05, 4.69) is 10.2 Å². The van der Waals surface area contributed by atoms with E-state index < -0.39 is 23.7 Å². The second-order valence-electron chi connectivity index (χ2n) is 4.96. The van der Waals surface area contributed by atoms with Crippen molar-refractivity contribution >= 4 is 11.9 Å². The van der Waals surface area contributed by atoms with Crippen molar-refractivity contribution in [3.05, 3.63) is 59.2 Å². The summed E-state index contributed by atoms with van der Waals surface area (Å²) in [6.07, 6.45) is 1.47. The monoisotopic (exact) mass is 317 g/mol. The van der Waals surface area contributed by atoms with Gasteiger partial charge in [-0.05, 0) is 36.2 Å². The van der Waals surface area contributed by atoms with Gasteiger partial charge in [0.1, 0.15) is 5.82 Å². The SMILES string of the molecule is COC(=O)C(c1cccc(F)c1)N(C)C(=O)c1nnccc1C. The molecule has 0 bridgehead atoms. The molecule has 0 radical (unpaired) electrons. The van der Waals surface area contributed by atoms with Gasteiger partial charge in [-0.15, -0.1) is 5.10 Å². The lowest BCUT2D eigenvalue weighted by molar-refractivity contribution is -0.145. The molecule has 0 aliphatic carbocycles. The van der Waals surface area contributed by atoms with Crippen LogP contribution in [0.25, 0.3) is 0 Å². The fourth-order valence-electron chi connectivity index (χ4n) is 2.20. The smallest absolute Gasteiger partial charge is 0.333 e. The van der Waals surface area contributed by atoms with Crippen molar-refractivity contribution in [1.82, 2.24) is 15.1 Å². The number of carbonyl (C=O) groups is 2. The first-order valence-electron chi connectivity index (χ1n) is 6.84. The van der Waals surface area contributed by atoms with E-state index in [4.69, 9.17) is 4.74 Å². The quantitative estimate of drug-likeness (QED) is 0.806. The maximum Gasteiger partial charge on any atom is 0.333 e. The lowest BCUT2D eigenvalue weighted by atomic mass is 10.0. The molecular weight excluding hydrogens is 301 g/mol. The molecule has 120 valence electrons. The Morgan fingerprint density at radius 3 is 2.65 bits per heavy atom. The Kier molecular flexibility index (Phi) is 5.00. The number of ether oxygens (including phenoxy) is 1. The molecule has 1 amide bonds. The molecule has 1 atom stereocenters. The number of aryl methyl sites for hydroxylation is 1. The van der Waals surface area contributed by atoms with Gasteiger partial charge in [0.25, 0.3) is 5.91 Å². The van der Waals surface area contributed by atoms with Gasteiger partial charge in [0.15, 0.2) is 11.7 Å². The molecule has 0 aliphatic heterocycles. The second-order valence-corrected chi connectivity index (χ2v) is 4.96. The largest absolute Gasteiger partial charge is 0.467 e. The number of aromatic nitrogens is 2. The zero-order chi connectivity index (χ0) is 17.0. The minimum absolute atomic E-state index is 0.125. The van der Waals surface area contributed by atoms with Gasteiger partial charge in [0, 0.05) is 13.2 Å². The topological polar surface area (TPSA) is 72.4 Å². The molecule has 1 aromatic carbocycles. The highest BCUT2D eigenvalue weighted by molar-refractivity contribution is 5.96. The second kappa shape index (κ2) is 6.95. The minimum atomic E-state index is -1.08. The van der Waals surface area contributed by atoms with Gasteiger partial charge in [-0.3, -0.25) is 4.79 Å². The van der Waals surface area contributed by atoms with Crippen LogP contribution < -0.4 is 0 Å². The first-order valence-corrected chi connectivity index (χ1v) is 6.84. The van der Waals surface area contributed by atoms with E-state index in [9.17, 15) is 14.0 Å². The van der Waals surface area contributed by atoms with Crippen molar-refractivity contribution in [2.24, 2.45) is 0 Å². The highest BCUT2D eigenvalue weighted by Crippen LogP contribution is 2.23. The van der Waals surface area contributed by atoms with E-state index in [1.54, 1.807) is 19.1 Å². The molecule has 23 heavy (non-hydrogen) atoms.